The molecule has 0 radical (unpaired) electrons. The Kier molecular flexibility index (Phi) is 8.42. The summed E-state index contributed by atoms with van der Waals surface area (Å²) in [6.07, 6.45) is 2.86. The molecule has 5 rings (SSSR count). The molecule has 2 unspecified atom stereocenters. The van der Waals surface area contributed by atoms with Crippen LogP contribution in [-0.2, 0) is 23.2 Å². The van der Waals surface area contributed by atoms with Crippen molar-refractivity contribution in [2.75, 3.05) is 26.8 Å². The number of halogens is 3. The molecule has 2 aliphatic rings. The molecule has 1 heterocycles. The van der Waals surface area contributed by atoms with Gasteiger partial charge in [0.1, 0.15) is 23.0 Å². The maximum atomic E-state index is 16.7. The second kappa shape index (κ2) is 11.8. The molecule has 0 bridgehead atoms. The van der Waals surface area contributed by atoms with Crippen LogP contribution in [0.25, 0.3) is 11.1 Å². The van der Waals surface area contributed by atoms with E-state index in [0.717, 1.165) is 18.4 Å². The van der Waals surface area contributed by atoms with E-state index >= 15 is 8.78 Å². The molecule has 0 spiro atoms. The lowest BCUT2D eigenvalue weighted by molar-refractivity contribution is 0.0273. The molecule has 0 saturated carbocycles. The van der Waals surface area contributed by atoms with E-state index in [9.17, 15) is 9.90 Å². The molecule has 3 aromatic rings. The fourth-order valence-corrected chi connectivity index (χ4v) is 6.33. The molecule has 3 aromatic carbocycles. The number of carbonyl (C=O) groups excluding carboxylic acids is 1. The summed E-state index contributed by atoms with van der Waals surface area (Å²) in [7, 11) is 1.46. The van der Waals surface area contributed by atoms with Crippen LogP contribution in [0.1, 0.15) is 64.4 Å². The summed E-state index contributed by atoms with van der Waals surface area (Å²) < 4.78 is 44.4. The lowest BCUT2D eigenvalue weighted by atomic mass is 9.82. The number of fused-ring (bicyclic) bond motifs is 2. The van der Waals surface area contributed by atoms with Crippen molar-refractivity contribution in [3.8, 4) is 16.9 Å². The average molecular weight is 571 g/mol. The number of aliphatic hydroxyl groups excluding tert-OH is 1. The van der Waals surface area contributed by atoms with Crippen LogP contribution in [0.5, 0.6) is 5.75 Å². The van der Waals surface area contributed by atoms with Crippen molar-refractivity contribution >= 4 is 17.5 Å². The van der Waals surface area contributed by atoms with E-state index in [1.165, 1.54) is 13.1 Å². The number of hydrogen-bond donors (Lipinski definition) is 3. The molecule has 6 nitrogen and oxygen atoms in total. The smallest absolute Gasteiger partial charge is 0.251 e. The number of amides is 1. The largest absolute Gasteiger partial charge is 0.482 e. The van der Waals surface area contributed by atoms with E-state index in [0.29, 0.717) is 48.9 Å². The van der Waals surface area contributed by atoms with Gasteiger partial charge in [-0.25, -0.2) is 8.78 Å². The highest BCUT2D eigenvalue weighted by atomic mass is 35.5. The summed E-state index contributed by atoms with van der Waals surface area (Å²) in [6, 6.07) is 12.5. The standard InChI is InChI=1S/C31H33ClF2N2O4/c1-36-30(38)20-15-18-9-10-23(39-14-13-37)25(18)29(34)27(20)26-21-17-31(11-5-6-12-35,19-7-3-2-4-8-19)40-24(21)16-22(33)28(26)32/h2-4,7-8,15-16,23,37H,5-6,9-14,17,35H2,1H3,(H,36,38). The van der Waals surface area contributed by atoms with E-state index < -0.39 is 29.2 Å². The Bertz CT molecular complexity index is 1420. The Balaban J connectivity index is 1.72. The number of nitrogens with one attached hydrogen (secondary N) is 1. The lowest BCUT2D eigenvalue weighted by Gasteiger charge is -2.29. The van der Waals surface area contributed by atoms with Crippen molar-refractivity contribution in [3.05, 3.63) is 86.9 Å². The van der Waals surface area contributed by atoms with Crippen LogP contribution in [0, 0.1) is 11.6 Å². The van der Waals surface area contributed by atoms with Crippen LogP contribution in [0.3, 0.4) is 0 Å². The Hall–Kier alpha value is -3.04. The molecule has 0 saturated heterocycles. The maximum absolute atomic E-state index is 16.7. The Morgan fingerprint density at radius 1 is 1.23 bits per heavy atom. The highest BCUT2D eigenvalue weighted by molar-refractivity contribution is 6.34. The number of hydrogen-bond acceptors (Lipinski definition) is 5. The van der Waals surface area contributed by atoms with E-state index in [-0.39, 0.29) is 40.7 Å². The van der Waals surface area contributed by atoms with Gasteiger partial charge in [0.05, 0.1) is 29.9 Å². The molecule has 1 aliphatic heterocycles. The molecule has 212 valence electrons. The van der Waals surface area contributed by atoms with Crippen molar-refractivity contribution in [2.24, 2.45) is 5.73 Å². The number of aryl methyl sites for hydroxylation is 1. The highest BCUT2D eigenvalue weighted by Crippen LogP contribution is 2.52. The summed E-state index contributed by atoms with van der Waals surface area (Å²) in [4.78, 5) is 13.1. The average Bonchev–Trinajstić information content (AvgIpc) is 3.55. The van der Waals surface area contributed by atoms with Crippen LogP contribution in [0.2, 0.25) is 5.02 Å². The lowest BCUT2D eigenvalue weighted by Crippen LogP contribution is -2.31. The highest BCUT2D eigenvalue weighted by Gasteiger charge is 2.44. The fourth-order valence-electron chi connectivity index (χ4n) is 6.07. The first-order valence-corrected chi connectivity index (χ1v) is 14.0. The van der Waals surface area contributed by atoms with Gasteiger partial charge in [0.25, 0.3) is 5.91 Å². The summed E-state index contributed by atoms with van der Waals surface area (Å²) >= 11 is 6.63. The molecule has 2 atom stereocenters. The molecule has 1 amide bonds. The minimum Gasteiger partial charge on any atom is -0.482 e. The van der Waals surface area contributed by atoms with Crippen molar-refractivity contribution in [1.82, 2.24) is 5.32 Å². The molecular weight excluding hydrogens is 538 g/mol. The zero-order valence-corrected chi connectivity index (χ0v) is 23.1. The number of aliphatic hydroxyl groups is 1. The number of carbonyl (C=O) groups is 1. The third-order valence-electron chi connectivity index (χ3n) is 7.91. The van der Waals surface area contributed by atoms with Gasteiger partial charge in [0.15, 0.2) is 0 Å². The molecule has 40 heavy (non-hydrogen) atoms. The predicted octanol–water partition coefficient (Wildman–Crippen LogP) is 5.60. The molecule has 4 N–H and O–H groups in total. The van der Waals surface area contributed by atoms with Crippen molar-refractivity contribution in [3.63, 3.8) is 0 Å². The van der Waals surface area contributed by atoms with E-state index in [2.05, 4.69) is 5.32 Å². The van der Waals surface area contributed by atoms with Gasteiger partial charge in [-0.2, -0.15) is 0 Å². The summed E-state index contributed by atoms with van der Waals surface area (Å²) in [5.41, 5.74) is 7.43. The van der Waals surface area contributed by atoms with Crippen molar-refractivity contribution in [1.29, 1.82) is 0 Å². The second-order valence-electron chi connectivity index (χ2n) is 10.3. The van der Waals surface area contributed by atoms with Gasteiger partial charge < -0.3 is 25.6 Å². The third-order valence-corrected chi connectivity index (χ3v) is 8.28. The van der Waals surface area contributed by atoms with Crippen LogP contribution in [0.4, 0.5) is 8.78 Å². The number of nitrogens with two attached hydrogens (primary N) is 1. The van der Waals surface area contributed by atoms with Crippen molar-refractivity contribution < 1.29 is 28.2 Å². The summed E-state index contributed by atoms with van der Waals surface area (Å²) in [6.45, 7) is 0.365. The van der Waals surface area contributed by atoms with Gasteiger partial charge in [-0.05, 0) is 55.8 Å². The minimum absolute atomic E-state index is 0.0441. The van der Waals surface area contributed by atoms with E-state index in [4.69, 9.17) is 26.8 Å². The number of unbranched alkanes of at least 4 members (excludes halogenated alkanes) is 1. The van der Waals surface area contributed by atoms with E-state index in [1.807, 2.05) is 30.3 Å². The SMILES string of the molecule is CNC(=O)c1cc2c(c(F)c1-c1c(Cl)c(F)cc3c1CC(CCCCN)(c1ccccc1)O3)C(OCCO)CC2. The molecule has 0 fully saturated rings. The van der Waals surface area contributed by atoms with Crippen molar-refractivity contribution in [2.45, 2.75) is 50.2 Å². The summed E-state index contributed by atoms with van der Waals surface area (Å²) in [5.74, 6) is -1.69. The zero-order valence-electron chi connectivity index (χ0n) is 22.4. The van der Waals surface area contributed by atoms with Crippen LogP contribution in [-0.4, -0.2) is 37.8 Å². The Labute approximate surface area is 237 Å². The van der Waals surface area contributed by atoms with Gasteiger partial charge in [0.2, 0.25) is 0 Å². The maximum Gasteiger partial charge on any atom is 0.251 e. The predicted molar refractivity (Wildman–Crippen MR) is 150 cm³/mol. The normalized spacial score (nSPS) is 19.3. The number of ether oxygens (including phenoxy) is 2. The van der Waals surface area contributed by atoms with Gasteiger partial charge in [-0.1, -0.05) is 41.9 Å². The topological polar surface area (TPSA) is 93.8 Å². The number of benzene rings is 3. The Morgan fingerprint density at radius 3 is 2.70 bits per heavy atom. The first-order valence-electron chi connectivity index (χ1n) is 13.6. The van der Waals surface area contributed by atoms with Crippen LogP contribution in [0.15, 0.2) is 42.5 Å². The van der Waals surface area contributed by atoms with Gasteiger partial charge in [-0.15, -0.1) is 0 Å². The zero-order chi connectivity index (χ0) is 28.4. The Morgan fingerprint density at radius 2 is 2.00 bits per heavy atom. The first-order chi connectivity index (χ1) is 19.3. The molecule has 0 aromatic heterocycles. The third kappa shape index (κ3) is 4.98. The fraction of sp³-hybridized carbons (Fsp3) is 0.387. The van der Waals surface area contributed by atoms with Gasteiger partial charge in [-0.3, -0.25) is 4.79 Å². The minimum atomic E-state index is -0.836. The monoisotopic (exact) mass is 570 g/mol. The van der Waals surface area contributed by atoms with E-state index in [1.54, 1.807) is 6.07 Å². The van der Waals surface area contributed by atoms with Crippen LogP contribution >= 0.6 is 11.6 Å². The van der Waals surface area contributed by atoms with Crippen LogP contribution < -0.4 is 15.8 Å². The second-order valence-corrected chi connectivity index (χ2v) is 10.7. The van der Waals surface area contributed by atoms with Gasteiger partial charge >= 0.3 is 0 Å². The molecular formula is C31H33ClF2N2O4. The summed E-state index contributed by atoms with van der Waals surface area (Å²) in [5, 5.41) is 11.6. The molecule has 1 aliphatic carbocycles. The van der Waals surface area contributed by atoms with Gasteiger partial charge in [0, 0.05) is 41.8 Å². The number of rotatable bonds is 10. The quantitative estimate of drug-likeness (QED) is 0.276. The molecule has 9 heteroatoms. The first kappa shape index (κ1) is 28.5.